The van der Waals surface area contributed by atoms with Gasteiger partial charge in [0.1, 0.15) is 6.04 Å². The van der Waals surface area contributed by atoms with Crippen LogP contribution in [0.2, 0.25) is 0 Å². The van der Waals surface area contributed by atoms with Gasteiger partial charge in [0.15, 0.2) is 11.5 Å². The predicted molar refractivity (Wildman–Crippen MR) is 108 cm³/mol. The molecule has 1 aliphatic rings. The summed E-state index contributed by atoms with van der Waals surface area (Å²) < 4.78 is 11.8. The van der Waals surface area contributed by atoms with E-state index in [1.165, 1.54) is 5.56 Å². The standard InChI is InChI=1S/C21H24BrNO4/c1-13-6-8-14(9-7-13)20(23-10-4-5-17(23)21(24)25)15-11-18(26-2)19(27-3)12-16(15)22/h6-9,11-12,17,20H,4-5,10H2,1-3H3,(H,24,25). The lowest BCUT2D eigenvalue weighted by Gasteiger charge is -2.33. The molecule has 1 saturated heterocycles. The number of carboxylic acid groups (broad SMARTS) is 1. The van der Waals surface area contributed by atoms with Crippen LogP contribution in [0, 0.1) is 6.92 Å². The minimum Gasteiger partial charge on any atom is -0.493 e. The number of aryl methyl sites for hydroxylation is 1. The Morgan fingerprint density at radius 3 is 2.41 bits per heavy atom. The van der Waals surface area contributed by atoms with Crippen molar-refractivity contribution in [1.29, 1.82) is 0 Å². The first-order valence-corrected chi connectivity index (χ1v) is 9.72. The van der Waals surface area contributed by atoms with Crippen molar-refractivity contribution >= 4 is 21.9 Å². The topological polar surface area (TPSA) is 59.0 Å². The molecule has 144 valence electrons. The second kappa shape index (κ2) is 8.31. The molecule has 2 aromatic rings. The lowest BCUT2D eigenvalue weighted by molar-refractivity contribution is -0.142. The SMILES string of the molecule is COc1cc(Br)c(C(c2ccc(C)cc2)N2CCCC2C(=O)O)cc1OC. The molecule has 1 aliphatic heterocycles. The monoisotopic (exact) mass is 433 g/mol. The van der Waals surface area contributed by atoms with Crippen molar-refractivity contribution in [2.24, 2.45) is 0 Å². The molecule has 0 aromatic heterocycles. The number of rotatable bonds is 6. The zero-order chi connectivity index (χ0) is 19.6. The van der Waals surface area contributed by atoms with Crippen molar-refractivity contribution in [2.45, 2.75) is 31.8 Å². The van der Waals surface area contributed by atoms with Crippen LogP contribution < -0.4 is 9.47 Å². The molecule has 2 aromatic carbocycles. The van der Waals surface area contributed by atoms with E-state index in [1.807, 2.05) is 19.1 Å². The Hall–Kier alpha value is -2.05. The summed E-state index contributed by atoms with van der Waals surface area (Å²) in [5, 5.41) is 9.72. The molecule has 2 unspecified atom stereocenters. The predicted octanol–water partition coefficient (Wildman–Crippen LogP) is 4.41. The highest BCUT2D eigenvalue weighted by atomic mass is 79.9. The maximum absolute atomic E-state index is 11.8. The fourth-order valence-electron chi connectivity index (χ4n) is 3.74. The third-order valence-electron chi connectivity index (χ3n) is 5.10. The molecule has 27 heavy (non-hydrogen) atoms. The fraction of sp³-hybridized carbons (Fsp3) is 0.381. The highest BCUT2D eigenvalue weighted by molar-refractivity contribution is 9.10. The highest BCUT2D eigenvalue weighted by Gasteiger charge is 2.37. The second-order valence-electron chi connectivity index (χ2n) is 6.78. The van der Waals surface area contributed by atoms with Gasteiger partial charge in [-0.05, 0) is 43.0 Å². The van der Waals surface area contributed by atoms with Crippen LogP contribution in [0.15, 0.2) is 40.9 Å². The smallest absolute Gasteiger partial charge is 0.320 e. The molecular formula is C21H24BrNO4. The molecule has 5 nitrogen and oxygen atoms in total. The van der Waals surface area contributed by atoms with Crippen molar-refractivity contribution in [3.63, 3.8) is 0 Å². The summed E-state index contributed by atoms with van der Waals surface area (Å²) in [5.41, 5.74) is 3.19. The molecule has 0 amide bonds. The molecule has 1 fully saturated rings. The van der Waals surface area contributed by atoms with Gasteiger partial charge in [-0.15, -0.1) is 0 Å². The number of halogens is 1. The molecule has 2 atom stereocenters. The van der Waals surface area contributed by atoms with Crippen LogP contribution in [0.5, 0.6) is 11.5 Å². The van der Waals surface area contributed by atoms with Crippen molar-refractivity contribution < 1.29 is 19.4 Å². The Balaban J connectivity index is 2.15. The number of aliphatic carboxylic acids is 1. The maximum atomic E-state index is 11.8. The van der Waals surface area contributed by atoms with Crippen molar-refractivity contribution in [1.82, 2.24) is 4.90 Å². The normalized spacial score (nSPS) is 18.3. The number of hydrogen-bond acceptors (Lipinski definition) is 4. The summed E-state index contributed by atoms with van der Waals surface area (Å²) >= 11 is 3.66. The number of likely N-dealkylation sites (tertiary alicyclic amines) is 1. The average molecular weight is 434 g/mol. The molecule has 0 radical (unpaired) electrons. The van der Waals surface area contributed by atoms with E-state index in [1.54, 1.807) is 14.2 Å². The van der Waals surface area contributed by atoms with Crippen molar-refractivity contribution in [2.75, 3.05) is 20.8 Å². The molecule has 1 heterocycles. The van der Waals surface area contributed by atoms with Gasteiger partial charge in [-0.25, -0.2) is 0 Å². The van der Waals surface area contributed by atoms with Crippen molar-refractivity contribution in [3.8, 4) is 11.5 Å². The van der Waals surface area contributed by atoms with E-state index in [-0.39, 0.29) is 6.04 Å². The summed E-state index contributed by atoms with van der Waals surface area (Å²) in [6, 6.07) is 11.4. The first-order chi connectivity index (χ1) is 13.0. The van der Waals surface area contributed by atoms with Crippen LogP contribution in [-0.2, 0) is 4.79 Å². The number of nitrogens with zero attached hydrogens (tertiary/aromatic N) is 1. The Kier molecular flexibility index (Phi) is 6.07. The fourth-order valence-corrected chi connectivity index (χ4v) is 4.28. The van der Waals surface area contributed by atoms with Crippen LogP contribution in [-0.4, -0.2) is 42.8 Å². The minimum atomic E-state index is -0.777. The van der Waals surface area contributed by atoms with Crippen LogP contribution in [0.1, 0.15) is 35.6 Å². The molecule has 1 N–H and O–H groups in total. The van der Waals surface area contributed by atoms with E-state index in [4.69, 9.17) is 9.47 Å². The number of benzene rings is 2. The van der Waals surface area contributed by atoms with Gasteiger partial charge in [0.2, 0.25) is 0 Å². The van der Waals surface area contributed by atoms with Gasteiger partial charge in [0.25, 0.3) is 0 Å². The number of carbonyl (C=O) groups is 1. The summed E-state index contributed by atoms with van der Waals surface area (Å²) in [6.07, 6.45) is 1.52. The number of methoxy groups -OCH3 is 2. The van der Waals surface area contributed by atoms with E-state index in [2.05, 4.69) is 45.1 Å². The first-order valence-electron chi connectivity index (χ1n) is 8.92. The van der Waals surface area contributed by atoms with Gasteiger partial charge in [-0.1, -0.05) is 45.8 Å². The van der Waals surface area contributed by atoms with Crippen LogP contribution in [0.3, 0.4) is 0 Å². The van der Waals surface area contributed by atoms with Gasteiger partial charge in [-0.2, -0.15) is 0 Å². The lowest BCUT2D eigenvalue weighted by Crippen LogP contribution is -2.39. The summed E-state index contributed by atoms with van der Waals surface area (Å²) in [4.78, 5) is 13.9. The molecule has 3 rings (SSSR count). The zero-order valence-corrected chi connectivity index (χ0v) is 17.3. The van der Waals surface area contributed by atoms with Crippen LogP contribution in [0.25, 0.3) is 0 Å². The van der Waals surface area contributed by atoms with E-state index >= 15 is 0 Å². The summed E-state index contributed by atoms with van der Waals surface area (Å²) in [6.45, 7) is 2.78. The van der Waals surface area contributed by atoms with E-state index in [9.17, 15) is 9.90 Å². The van der Waals surface area contributed by atoms with Crippen LogP contribution >= 0.6 is 15.9 Å². The van der Waals surface area contributed by atoms with Gasteiger partial charge in [0, 0.05) is 11.0 Å². The summed E-state index contributed by atoms with van der Waals surface area (Å²) in [7, 11) is 3.20. The average Bonchev–Trinajstić information content (AvgIpc) is 3.14. The third-order valence-corrected chi connectivity index (χ3v) is 5.79. The zero-order valence-electron chi connectivity index (χ0n) is 15.7. The van der Waals surface area contributed by atoms with E-state index in [0.717, 1.165) is 28.6 Å². The highest BCUT2D eigenvalue weighted by Crippen LogP contribution is 2.42. The summed E-state index contributed by atoms with van der Waals surface area (Å²) in [5.74, 6) is 0.479. The van der Waals surface area contributed by atoms with Gasteiger partial charge in [0.05, 0.1) is 20.3 Å². The Morgan fingerprint density at radius 1 is 1.19 bits per heavy atom. The quantitative estimate of drug-likeness (QED) is 0.730. The molecule has 0 saturated carbocycles. The molecule has 0 aliphatic carbocycles. The number of ether oxygens (including phenoxy) is 2. The minimum absolute atomic E-state index is 0.191. The number of carboxylic acids is 1. The van der Waals surface area contributed by atoms with E-state index in [0.29, 0.717) is 17.9 Å². The molecular weight excluding hydrogens is 410 g/mol. The lowest BCUT2D eigenvalue weighted by atomic mass is 9.95. The Labute approximate surface area is 168 Å². The van der Waals surface area contributed by atoms with Gasteiger partial charge < -0.3 is 14.6 Å². The Bertz CT molecular complexity index is 822. The van der Waals surface area contributed by atoms with Gasteiger partial charge >= 0.3 is 5.97 Å². The number of hydrogen-bond donors (Lipinski definition) is 1. The molecule has 0 spiro atoms. The first kappa shape index (κ1) is 19.7. The Morgan fingerprint density at radius 2 is 1.81 bits per heavy atom. The van der Waals surface area contributed by atoms with Crippen molar-refractivity contribution in [3.05, 3.63) is 57.6 Å². The second-order valence-corrected chi connectivity index (χ2v) is 7.63. The molecule has 0 bridgehead atoms. The largest absolute Gasteiger partial charge is 0.493 e. The molecule has 6 heteroatoms. The maximum Gasteiger partial charge on any atom is 0.320 e. The van der Waals surface area contributed by atoms with E-state index < -0.39 is 12.0 Å². The third kappa shape index (κ3) is 3.96. The van der Waals surface area contributed by atoms with Gasteiger partial charge in [-0.3, -0.25) is 9.69 Å². The van der Waals surface area contributed by atoms with Crippen LogP contribution in [0.4, 0.5) is 0 Å².